The van der Waals surface area contributed by atoms with Crippen LogP contribution in [0.3, 0.4) is 0 Å². The Balaban J connectivity index is 1.46. The molecule has 0 atom stereocenters. The van der Waals surface area contributed by atoms with Crippen molar-refractivity contribution in [3.8, 4) is 17.2 Å². The average Bonchev–Trinajstić information content (AvgIpc) is 3.22. The second kappa shape index (κ2) is 7.80. The summed E-state index contributed by atoms with van der Waals surface area (Å²) in [6.45, 7) is 1.10. The van der Waals surface area contributed by atoms with Crippen LogP contribution in [0, 0.1) is 10.1 Å². The number of amides is 1. The number of nitro groups is 1. The lowest BCUT2D eigenvalue weighted by Crippen LogP contribution is -2.24. The van der Waals surface area contributed by atoms with Crippen molar-refractivity contribution in [1.82, 2.24) is 15.1 Å². The molecule has 0 saturated carbocycles. The quantitative estimate of drug-likeness (QED) is 0.507. The molecule has 3 aromatic rings. The third kappa shape index (κ3) is 3.99. The summed E-state index contributed by atoms with van der Waals surface area (Å²) in [6.07, 6.45) is 1.56. The van der Waals surface area contributed by atoms with Gasteiger partial charge in [0.1, 0.15) is 13.2 Å². The van der Waals surface area contributed by atoms with E-state index in [1.165, 1.54) is 22.9 Å². The van der Waals surface area contributed by atoms with Crippen molar-refractivity contribution in [3.63, 3.8) is 0 Å². The van der Waals surface area contributed by atoms with Crippen LogP contribution >= 0.6 is 11.6 Å². The summed E-state index contributed by atoms with van der Waals surface area (Å²) in [4.78, 5) is 22.9. The highest BCUT2D eigenvalue weighted by Gasteiger charge is 2.17. The number of benzene rings is 2. The third-order valence-electron chi connectivity index (χ3n) is 4.24. The van der Waals surface area contributed by atoms with Gasteiger partial charge in [0.15, 0.2) is 17.2 Å². The van der Waals surface area contributed by atoms with Crippen molar-refractivity contribution in [1.29, 1.82) is 0 Å². The van der Waals surface area contributed by atoms with Gasteiger partial charge in [0.2, 0.25) is 0 Å². The van der Waals surface area contributed by atoms with Crippen molar-refractivity contribution in [3.05, 3.63) is 75.1 Å². The number of nitrogens with one attached hydrogen (secondary N) is 1. The Kier molecular flexibility index (Phi) is 5.05. The van der Waals surface area contributed by atoms with Crippen LogP contribution in [0.15, 0.2) is 48.7 Å². The number of carbonyl (C=O) groups is 1. The lowest BCUT2D eigenvalue weighted by Gasteiger charge is -2.20. The van der Waals surface area contributed by atoms with Crippen molar-refractivity contribution in [2.24, 2.45) is 0 Å². The predicted molar refractivity (Wildman–Crippen MR) is 104 cm³/mol. The first kappa shape index (κ1) is 18.8. The fourth-order valence-electron chi connectivity index (χ4n) is 2.88. The molecule has 0 fully saturated rings. The minimum atomic E-state index is -0.487. The molecule has 1 aromatic heterocycles. The zero-order chi connectivity index (χ0) is 20.4. The van der Waals surface area contributed by atoms with Gasteiger partial charge >= 0.3 is 0 Å². The second-order valence-electron chi connectivity index (χ2n) is 6.21. The molecule has 29 heavy (non-hydrogen) atoms. The summed E-state index contributed by atoms with van der Waals surface area (Å²) >= 11 is 6.20. The summed E-state index contributed by atoms with van der Waals surface area (Å²) < 4.78 is 12.4. The highest BCUT2D eigenvalue weighted by atomic mass is 35.5. The molecule has 0 aliphatic carbocycles. The highest BCUT2D eigenvalue weighted by Crippen LogP contribution is 2.38. The maximum Gasteiger partial charge on any atom is 0.272 e. The predicted octanol–water partition coefficient (Wildman–Crippen LogP) is 3.14. The van der Waals surface area contributed by atoms with Crippen LogP contribution in [0.25, 0.3) is 5.69 Å². The number of hydrogen-bond donors (Lipinski definition) is 1. The number of ether oxygens (including phenoxy) is 2. The molecule has 0 spiro atoms. The summed E-state index contributed by atoms with van der Waals surface area (Å²) in [5.74, 6) is 0.659. The molecule has 0 saturated heterocycles. The molecule has 10 heteroatoms. The number of halogens is 1. The minimum Gasteiger partial charge on any atom is -0.486 e. The van der Waals surface area contributed by atoms with E-state index in [4.69, 9.17) is 21.1 Å². The Morgan fingerprint density at radius 2 is 2.07 bits per heavy atom. The number of non-ortho nitro benzene ring substituents is 1. The number of nitro benzene ring substituents is 1. The molecule has 0 bridgehead atoms. The molecule has 148 valence electrons. The van der Waals surface area contributed by atoms with E-state index in [1.807, 2.05) is 0 Å². The van der Waals surface area contributed by atoms with Crippen LogP contribution in [0.1, 0.15) is 16.1 Å². The molecule has 4 rings (SSSR count). The molecule has 1 amide bonds. The van der Waals surface area contributed by atoms with E-state index in [9.17, 15) is 14.9 Å². The Morgan fingerprint density at radius 3 is 2.90 bits per heavy atom. The first-order valence-electron chi connectivity index (χ1n) is 8.68. The SMILES string of the molecule is O=C(NCc1cc(Cl)c2c(c1)OCCO2)c1ccn(-c2cccc([N+](=O)[O-])c2)n1. The molecular weight excluding hydrogens is 400 g/mol. The van der Waals surface area contributed by atoms with E-state index in [0.717, 1.165) is 5.56 Å². The first-order chi connectivity index (χ1) is 14.0. The van der Waals surface area contributed by atoms with Crippen molar-refractivity contribution in [2.75, 3.05) is 13.2 Å². The average molecular weight is 415 g/mol. The molecule has 2 heterocycles. The molecule has 2 aromatic carbocycles. The van der Waals surface area contributed by atoms with Gasteiger partial charge in [-0.15, -0.1) is 0 Å². The van der Waals surface area contributed by atoms with Crippen LogP contribution in [0.4, 0.5) is 5.69 Å². The smallest absolute Gasteiger partial charge is 0.272 e. The van der Waals surface area contributed by atoms with E-state index in [2.05, 4.69) is 10.4 Å². The van der Waals surface area contributed by atoms with Crippen LogP contribution in [0.5, 0.6) is 11.5 Å². The normalized spacial score (nSPS) is 12.4. The van der Waals surface area contributed by atoms with Gasteiger partial charge in [-0.3, -0.25) is 14.9 Å². The van der Waals surface area contributed by atoms with E-state index in [0.29, 0.717) is 35.4 Å². The number of nitrogens with zero attached hydrogens (tertiary/aromatic N) is 3. The summed E-state index contributed by atoms with van der Waals surface area (Å²) in [7, 11) is 0. The van der Waals surface area contributed by atoms with Crippen molar-refractivity contribution in [2.45, 2.75) is 6.54 Å². The Hall–Kier alpha value is -3.59. The van der Waals surface area contributed by atoms with E-state index >= 15 is 0 Å². The van der Waals surface area contributed by atoms with Crippen LogP contribution in [-0.2, 0) is 6.54 Å². The van der Waals surface area contributed by atoms with Gasteiger partial charge in [0, 0.05) is 24.9 Å². The molecule has 0 radical (unpaired) electrons. The largest absolute Gasteiger partial charge is 0.486 e. The summed E-state index contributed by atoms with van der Waals surface area (Å²) in [6, 6.07) is 11.0. The Labute approximate surface area is 170 Å². The van der Waals surface area contributed by atoms with Crippen LogP contribution < -0.4 is 14.8 Å². The topological polar surface area (TPSA) is 109 Å². The van der Waals surface area contributed by atoms with Gasteiger partial charge in [-0.25, -0.2) is 4.68 Å². The molecule has 1 N–H and O–H groups in total. The van der Waals surface area contributed by atoms with Gasteiger partial charge in [-0.2, -0.15) is 5.10 Å². The number of rotatable bonds is 5. The number of hydrogen-bond acceptors (Lipinski definition) is 6. The maximum atomic E-state index is 12.4. The summed E-state index contributed by atoms with van der Waals surface area (Å²) in [5.41, 5.74) is 1.36. The fourth-order valence-corrected chi connectivity index (χ4v) is 3.16. The molecule has 0 unspecified atom stereocenters. The van der Waals surface area contributed by atoms with E-state index in [1.54, 1.807) is 30.5 Å². The second-order valence-corrected chi connectivity index (χ2v) is 6.61. The van der Waals surface area contributed by atoms with E-state index in [-0.39, 0.29) is 23.8 Å². The minimum absolute atomic E-state index is 0.0560. The Morgan fingerprint density at radius 1 is 1.24 bits per heavy atom. The van der Waals surface area contributed by atoms with Crippen molar-refractivity contribution >= 4 is 23.2 Å². The van der Waals surface area contributed by atoms with Gasteiger partial charge in [0.05, 0.1) is 15.6 Å². The molecule has 9 nitrogen and oxygen atoms in total. The van der Waals surface area contributed by atoms with Gasteiger partial charge < -0.3 is 14.8 Å². The maximum absolute atomic E-state index is 12.4. The zero-order valence-electron chi connectivity index (χ0n) is 15.0. The van der Waals surface area contributed by atoms with Gasteiger partial charge in [-0.05, 0) is 29.8 Å². The van der Waals surface area contributed by atoms with Crippen LogP contribution in [-0.4, -0.2) is 33.8 Å². The molecule has 1 aliphatic rings. The molecule has 1 aliphatic heterocycles. The van der Waals surface area contributed by atoms with Crippen molar-refractivity contribution < 1.29 is 19.2 Å². The molecular formula is C19H15ClN4O5. The standard InChI is InChI=1S/C19H15ClN4O5/c20-15-8-12(9-17-18(15)29-7-6-28-17)11-21-19(25)16-4-5-23(22-16)13-2-1-3-14(10-13)24(26)27/h1-5,8-10H,6-7,11H2,(H,21,25). The number of fused-ring (bicyclic) bond motifs is 1. The summed E-state index contributed by atoms with van der Waals surface area (Å²) in [5, 5.41) is 18.3. The van der Waals surface area contributed by atoms with E-state index < -0.39 is 4.92 Å². The first-order valence-corrected chi connectivity index (χ1v) is 9.06. The van der Waals surface area contributed by atoms with Gasteiger partial charge in [-0.1, -0.05) is 17.7 Å². The number of aromatic nitrogens is 2. The zero-order valence-corrected chi connectivity index (χ0v) is 15.8. The monoisotopic (exact) mass is 414 g/mol. The van der Waals surface area contributed by atoms with Gasteiger partial charge in [0.25, 0.3) is 11.6 Å². The third-order valence-corrected chi connectivity index (χ3v) is 4.52. The number of carbonyl (C=O) groups excluding carboxylic acids is 1. The lowest BCUT2D eigenvalue weighted by atomic mass is 10.2. The Bertz CT molecular complexity index is 1100. The lowest BCUT2D eigenvalue weighted by molar-refractivity contribution is -0.384. The fraction of sp³-hybridized carbons (Fsp3) is 0.158. The highest BCUT2D eigenvalue weighted by molar-refractivity contribution is 6.32. The van der Waals surface area contributed by atoms with Crippen LogP contribution in [0.2, 0.25) is 5.02 Å².